The van der Waals surface area contributed by atoms with E-state index in [1.54, 1.807) is 12.1 Å². The molecular weight excluding hydrogens is 278 g/mol. The average Bonchev–Trinajstić information content (AvgIpc) is 2.94. The summed E-state index contributed by atoms with van der Waals surface area (Å²) in [7, 11) is 0. The summed E-state index contributed by atoms with van der Waals surface area (Å²) in [5.41, 5.74) is 0.432. The highest BCUT2D eigenvalue weighted by atomic mass is 16.6. The summed E-state index contributed by atoms with van der Waals surface area (Å²) < 4.78 is 1.46. The number of aliphatic carboxylic acids is 1. The Balaban J connectivity index is 2.10. The number of hydrogen-bond donors (Lipinski definition) is 2. The quantitative estimate of drug-likeness (QED) is 0.641. The Morgan fingerprint density at radius 2 is 2.29 bits per heavy atom. The molecule has 106 valence electrons. The number of nitro groups is 1. The van der Waals surface area contributed by atoms with Crippen LogP contribution in [0.1, 0.15) is 11.6 Å². The first-order valence-electron chi connectivity index (χ1n) is 5.92. The summed E-state index contributed by atoms with van der Waals surface area (Å²) in [6, 6.07) is 5.39. The molecule has 21 heavy (non-hydrogen) atoms. The fourth-order valence-corrected chi connectivity index (χ4v) is 2.12. The first-order valence-corrected chi connectivity index (χ1v) is 5.92. The maximum atomic E-state index is 11.1. The summed E-state index contributed by atoms with van der Waals surface area (Å²) in [6.45, 7) is 0. The number of carbonyl (C=O) groups is 1. The molecule has 1 aromatic heterocycles. The van der Waals surface area contributed by atoms with E-state index in [4.69, 9.17) is 5.11 Å². The van der Waals surface area contributed by atoms with Gasteiger partial charge < -0.3 is 10.4 Å². The average molecular weight is 287 g/mol. The van der Waals surface area contributed by atoms with Gasteiger partial charge in [0, 0.05) is 12.1 Å². The number of carboxylic acid groups (broad SMARTS) is 1. The Kier molecular flexibility index (Phi) is 2.87. The normalized spacial score (nSPS) is 16.6. The minimum absolute atomic E-state index is 0.0491. The van der Waals surface area contributed by atoms with E-state index in [1.165, 1.54) is 29.2 Å². The molecule has 1 aromatic carbocycles. The number of nitro benzene ring substituents is 1. The van der Waals surface area contributed by atoms with Crippen LogP contribution in [-0.4, -0.2) is 30.8 Å². The molecule has 2 heterocycles. The largest absolute Gasteiger partial charge is 0.477 e. The highest BCUT2D eigenvalue weighted by Gasteiger charge is 2.26. The molecule has 0 aliphatic carbocycles. The van der Waals surface area contributed by atoms with Crippen LogP contribution < -0.4 is 5.32 Å². The van der Waals surface area contributed by atoms with Crippen molar-refractivity contribution in [3.05, 3.63) is 58.0 Å². The van der Waals surface area contributed by atoms with Crippen LogP contribution in [0.15, 0.2) is 42.4 Å². The number of fused-ring (bicyclic) bond motifs is 1. The minimum Gasteiger partial charge on any atom is -0.477 e. The zero-order chi connectivity index (χ0) is 15.0. The predicted octanol–water partition coefficient (Wildman–Crippen LogP) is 1.17. The van der Waals surface area contributed by atoms with Gasteiger partial charge in [0.1, 0.15) is 18.1 Å². The number of non-ortho nitro benzene ring substituents is 1. The Morgan fingerprint density at radius 3 is 3.00 bits per heavy atom. The third kappa shape index (κ3) is 2.20. The maximum absolute atomic E-state index is 11.1. The monoisotopic (exact) mass is 287 g/mol. The van der Waals surface area contributed by atoms with E-state index in [2.05, 4.69) is 15.4 Å². The molecule has 0 radical (unpaired) electrons. The second-order valence-corrected chi connectivity index (χ2v) is 4.34. The Labute approximate surface area is 117 Å². The second kappa shape index (κ2) is 4.71. The smallest absolute Gasteiger partial charge is 0.352 e. The van der Waals surface area contributed by atoms with Gasteiger partial charge in [0.25, 0.3) is 5.69 Å². The molecule has 0 saturated carbocycles. The molecule has 0 spiro atoms. The lowest BCUT2D eigenvalue weighted by molar-refractivity contribution is -0.384. The number of benzene rings is 1. The van der Waals surface area contributed by atoms with Crippen molar-refractivity contribution >= 4 is 17.6 Å². The van der Waals surface area contributed by atoms with Crippen molar-refractivity contribution in [2.24, 2.45) is 0 Å². The summed E-state index contributed by atoms with van der Waals surface area (Å²) in [4.78, 5) is 25.4. The summed E-state index contributed by atoms with van der Waals surface area (Å²) in [6.07, 6.45) is 2.72. The molecule has 0 bridgehead atoms. The standard InChI is InChI=1S/C12H9N5O4/c18-11(19)9-5-10(16-12(15-9)13-6-14-16)7-2-1-3-8(4-7)17(20)21/h1-6,10H,(H,18,19)(H,13,14,15)/t10-/m0/s1. The van der Waals surface area contributed by atoms with E-state index in [9.17, 15) is 14.9 Å². The highest BCUT2D eigenvalue weighted by Crippen LogP contribution is 2.29. The lowest BCUT2D eigenvalue weighted by atomic mass is 10.0. The van der Waals surface area contributed by atoms with Crippen LogP contribution in [0.25, 0.3) is 0 Å². The zero-order valence-electron chi connectivity index (χ0n) is 10.5. The van der Waals surface area contributed by atoms with Gasteiger partial charge in [-0.05, 0) is 11.6 Å². The van der Waals surface area contributed by atoms with E-state index >= 15 is 0 Å². The fourth-order valence-electron chi connectivity index (χ4n) is 2.12. The number of allylic oxidation sites excluding steroid dienone is 1. The Morgan fingerprint density at radius 1 is 1.48 bits per heavy atom. The van der Waals surface area contributed by atoms with Crippen molar-refractivity contribution < 1.29 is 14.8 Å². The molecule has 1 atom stereocenters. The zero-order valence-corrected chi connectivity index (χ0v) is 10.5. The summed E-state index contributed by atoms with van der Waals surface area (Å²) >= 11 is 0. The predicted molar refractivity (Wildman–Crippen MR) is 70.6 cm³/mol. The molecule has 3 rings (SSSR count). The maximum Gasteiger partial charge on any atom is 0.352 e. The van der Waals surface area contributed by atoms with Gasteiger partial charge in [0.2, 0.25) is 5.95 Å². The van der Waals surface area contributed by atoms with Crippen LogP contribution >= 0.6 is 0 Å². The Bertz CT molecular complexity index is 767. The number of rotatable bonds is 3. The topological polar surface area (TPSA) is 123 Å². The minimum atomic E-state index is -1.14. The first kappa shape index (κ1) is 12.8. The van der Waals surface area contributed by atoms with Crippen LogP contribution in [0.3, 0.4) is 0 Å². The van der Waals surface area contributed by atoms with Crippen molar-refractivity contribution in [2.45, 2.75) is 6.04 Å². The van der Waals surface area contributed by atoms with Gasteiger partial charge in [-0.2, -0.15) is 10.1 Å². The van der Waals surface area contributed by atoms with Gasteiger partial charge in [-0.3, -0.25) is 10.1 Å². The third-order valence-electron chi connectivity index (χ3n) is 3.06. The summed E-state index contributed by atoms with van der Waals surface area (Å²) in [5, 5.41) is 26.6. The van der Waals surface area contributed by atoms with Gasteiger partial charge in [0.05, 0.1) is 4.92 Å². The fraction of sp³-hybridized carbons (Fsp3) is 0.0833. The number of carboxylic acids is 1. The molecule has 2 aromatic rings. The third-order valence-corrected chi connectivity index (χ3v) is 3.06. The van der Waals surface area contributed by atoms with Crippen molar-refractivity contribution in [1.82, 2.24) is 14.8 Å². The van der Waals surface area contributed by atoms with E-state index < -0.39 is 16.9 Å². The van der Waals surface area contributed by atoms with Gasteiger partial charge in [-0.15, -0.1) is 0 Å². The molecule has 1 aliphatic heterocycles. The Hall–Kier alpha value is -3.23. The van der Waals surface area contributed by atoms with E-state index in [-0.39, 0.29) is 17.3 Å². The van der Waals surface area contributed by atoms with Gasteiger partial charge in [0.15, 0.2) is 0 Å². The van der Waals surface area contributed by atoms with Crippen molar-refractivity contribution in [2.75, 3.05) is 5.32 Å². The van der Waals surface area contributed by atoms with Crippen LogP contribution in [0.2, 0.25) is 0 Å². The molecule has 0 fully saturated rings. The summed E-state index contributed by atoms with van der Waals surface area (Å²) in [5.74, 6) is -0.869. The van der Waals surface area contributed by atoms with Crippen LogP contribution in [0.5, 0.6) is 0 Å². The molecule has 9 nitrogen and oxygen atoms in total. The van der Waals surface area contributed by atoms with E-state index in [0.717, 1.165) is 0 Å². The van der Waals surface area contributed by atoms with Crippen molar-refractivity contribution in [1.29, 1.82) is 0 Å². The number of nitrogens with one attached hydrogen (secondary N) is 1. The molecule has 0 unspecified atom stereocenters. The molecule has 0 amide bonds. The second-order valence-electron chi connectivity index (χ2n) is 4.34. The number of aromatic nitrogens is 3. The van der Waals surface area contributed by atoms with Gasteiger partial charge in [-0.1, -0.05) is 12.1 Å². The first-order chi connectivity index (χ1) is 10.1. The molecule has 0 saturated heterocycles. The number of anilines is 1. The molecular formula is C12H9N5O4. The van der Waals surface area contributed by atoms with Gasteiger partial charge >= 0.3 is 5.97 Å². The molecule has 9 heteroatoms. The van der Waals surface area contributed by atoms with Crippen molar-refractivity contribution in [3.63, 3.8) is 0 Å². The van der Waals surface area contributed by atoms with Crippen LogP contribution in [0, 0.1) is 10.1 Å². The van der Waals surface area contributed by atoms with Gasteiger partial charge in [-0.25, -0.2) is 9.48 Å². The number of hydrogen-bond acceptors (Lipinski definition) is 6. The van der Waals surface area contributed by atoms with E-state index in [1.807, 2.05) is 0 Å². The lowest BCUT2D eigenvalue weighted by Crippen LogP contribution is -2.24. The highest BCUT2D eigenvalue weighted by molar-refractivity contribution is 5.90. The van der Waals surface area contributed by atoms with Crippen molar-refractivity contribution in [3.8, 4) is 0 Å². The number of nitrogens with zero attached hydrogens (tertiary/aromatic N) is 4. The van der Waals surface area contributed by atoms with E-state index in [0.29, 0.717) is 5.56 Å². The lowest BCUT2D eigenvalue weighted by Gasteiger charge is -2.22. The molecule has 2 N–H and O–H groups in total. The molecule has 1 aliphatic rings. The SMILES string of the molecule is O=C(O)C1=C[C@@H](c2cccc([N+](=O)[O-])c2)n2ncnc2N1. The van der Waals surface area contributed by atoms with Crippen LogP contribution in [-0.2, 0) is 4.79 Å². The van der Waals surface area contributed by atoms with Crippen LogP contribution in [0.4, 0.5) is 11.6 Å².